The van der Waals surface area contributed by atoms with Crippen molar-refractivity contribution in [2.45, 2.75) is 45.6 Å². The number of aromatic nitrogens is 1. The normalized spacial score (nSPS) is 20.9. The van der Waals surface area contributed by atoms with Crippen LogP contribution in [-0.4, -0.2) is 48.2 Å². The Morgan fingerprint density at radius 3 is 2.95 bits per heavy atom. The third kappa shape index (κ3) is 4.68. The summed E-state index contributed by atoms with van der Waals surface area (Å²) in [7, 11) is 0. The van der Waals surface area contributed by atoms with Gasteiger partial charge in [0.05, 0.1) is 23.4 Å². The molecule has 0 aliphatic carbocycles. The minimum atomic E-state index is 0.120. The lowest BCUT2D eigenvalue weighted by molar-refractivity contribution is 0.00530. The molecule has 2 rings (SSSR count). The van der Waals surface area contributed by atoms with Crippen LogP contribution in [0.3, 0.4) is 0 Å². The highest BCUT2D eigenvalue weighted by atomic mass is 32.1. The maximum Gasteiger partial charge on any atom is 0.191 e. The molecular formula is C15H26N4OS. The molecule has 6 heteroatoms. The third-order valence-electron chi connectivity index (χ3n) is 3.40. The highest BCUT2D eigenvalue weighted by molar-refractivity contribution is 7.09. The molecule has 1 aliphatic rings. The number of guanidine groups is 1. The van der Waals surface area contributed by atoms with Gasteiger partial charge in [-0.05, 0) is 6.92 Å². The van der Waals surface area contributed by atoms with Gasteiger partial charge >= 0.3 is 0 Å². The van der Waals surface area contributed by atoms with Crippen molar-refractivity contribution in [2.24, 2.45) is 10.7 Å². The zero-order chi connectivity index (χ0) is 15.5. The van der Waals surface area contributed by atoms with Crippen LogP contribution in [0.1, 0.15) is 38.4 Å². The van der Waals surface area contributed by atoms with Crippen molar-refractivity contribution < 1.29 is 4.74 Å². The first-order valence-corrected chi connectivity index (χ1v) is 8.35. The van der Waals surface area contributed by atoms with Gasteiger partial charge in [0.2, 0.25) is 0 Å². The van der Waals surface area contributed by atoms with E-state index in [-0.39, 0.29) is 11.5 Å². The van der Waals surface area contributed by atoms with Gasteiger partial charge in [0.15, 0.2) is 5.96 Å². The van der Waals surface area contributed by atoms with Crippen molar-refractivity contribution in [3.8, 4) is 0 Å². The van der Waals surface area contributed by atoms with Gasteiger partial charge in [-0.2, -0.15) is 0 Å². The van der Waals surface area contributed by atoms with E-state index >= 15 is 0 Å². The molecule has 2 heterocycles. The number of hydrogen-bond donors (Lipinski definition) is 1. The zero-order valence-electron chi connectivity index (χ0n) is 13.4. The number of nitrogens with two attached hydrogens (primary N) is 1. The van der Waals surface area contributed by atoms with Gasteiger partial charge in [0.1, 0.15) is 0 Å². The molecular weight excluding hydrogens is 284 g/mol. The Hall–Kier alpha value is -1.14. The first kappa shape index (κ1) is 16.2. The van der Waals surface area contributed by atoms with Crippen LogP contribution in [0.2, 0.25) is 0 Å². The molecule has 0 radical (unpaired) electrons. The lowest BCUT2D eigenvalue weighted by Crippen LogP contribution is -2.47. The van der Waals surface area contributed by atoms with E-state index in [4.69, 9.17) is 10.5 Å². The van der Waals surface area contributed by atoms with E-state index in [1.807, 2.05) is 0 Å². The smallest absolute Gasteiger partial charge is 0.191 e. The molecule has 1 atom stereocenters. The molecule has 1 aromatic rings. The first-order chi connectivity index (χ1) is 9.86. The minimum absolute atomic E-state index is 0.120. The van der Waals surface area contributed by atoms with Gasteiger partial charge in [0, 0.05) is 36.9 Å². The monoisotopic (exact) mass is 310 g/mol. The molecule has 5 nitrogen and oxygen atoms in total. The van der Waals surface area contributed by atoms with Gasteiger partial charge in [-0.1, -0.05) is 20.8 Å². The van der Waals surface area contributed by atoms with E-state index in [2.05, 4.69) is 48.0 Å². The molecule has 1 unspecified atom stereocenters. The lowest BCUT2D eigenvalue weighted by atomic mass is 9.98. The van der Waals surface area contributed by atoms with E-state index in [1.54, 1.807) is 11.3 Å². The van der Waals surface area contributed by atoms with Crippen LogP contribution in [0.4, 0.5) is 0 Å². The van der Waals surface area contributed by atoms with Crippen molar-refractivity contribution in [1.82, 2.24) is 9.88 Å². The van der Waals surface area contributed by atoms with Crippen LogP contribution in [0.25, 0.3) is 0 Å². The maximum atomic E-state index is 6.05. The standard InChI is InChI=1S/C15H26N4OS/c1-11-9-19(7-8-20-11)14(16)17-6-5-12-10-21-13(18-12)15(2,3)4/h10-11H,5-9H2,1-4H3,(H2,16,17). The Morgan fingerprint density at radius 2 is 2.33 bits per heavy atom. The fraction of sp³-hybridized carbons (Fsp3) is 0.733. The topological polar surface area (TPSA) is 63.7 Å². The summed E-state index contributed by atoms with van der Waals surface area (Å²) >= 11 is 1.73. The number of thiazole rings is 1. The molecule has 1 aromatic heterocycles. The second kappa shape index (κ2) is 6.75. The highest BCUT2D eigenvalue weighted by Crippen LogP contribution is 2.25. The Kier molecular flexibility index (Phi) is 5.22. The predicted octanol–water partition coefficient (Wildman–Crippen LogP) is 2.02. The molecule has 118 valence electrons. The largest absolute Gasteiger partial charge is 0.375 e. The van der Waals surface area contributed by atoms with Gasteiger partial charge in [0.25, 0.3) is 0 Å². The minimum Gasteiger partial charge on any atom is -0.375 e. The average Bonchev–Trinajstić information content (AvgIpc) is 2.87. The van der Waals surface area contributed by atoms with E-state index < -0.39 is 0 Å². The number of rotatable bonds is 3. The Bertz CT molecular complexity index is 492. The Labute approximate surface area is 131 Å². The van der Waals surface area contributed by atoms with Gasteiger partial charge in [-0.25, -0.2) is 4.98 Å². The predicted molar refractivity (Wildman–Crippen MR) is 88.0 cm³/mol. The summed E-state index contributed by atoms with van der Waals surface area (Å²) in [6.45, 7) is 11.7. The maximum absolute atomic E-state index is 6.05. The van der Waals surface area contributed by atoms with E-state index in [1.165, 1.54) is 5.01 Å². The molecule has 0 amide bonds. The third-order valence-corrected chi connectivity index (χ3v) is 4.72. The summed E-state index contributed by atoms with van der Waals surface area (Å²) in [6, 6.07) is 0. The van der Waals surface area contributed by atoms with Crippen LogP contribution >= 0.6 is 11.3 Å². The summed E-state index contributed by atoms with van der Waals surface area (Å²) < 4.78 is 5.51. The molecule has 1 saturated heterocycles. The summed E-state index contributed by atoms with van der Waals surface area (Å²) in [4.78, 5) is 11.2. The summed E-state index contributed by atoms with van der Waals surface area (Å²) in [5.74, 6) is 0.622. The quantitative estimate of drug-likeness (QED) is 0.685. The van der Waals surface area contributed by atoms with Crippen molar-refractivity contribution in [2.75, 3.05) is 26.2 Å². The highest BCUT2D eigenvalue weighted by Gasteiger charge is 2.19. The fourth-order valence-corrected chi connectivity index (χ4v) is 3.12. The van der Waals surface area contributed by atoms with Crippen molar-refractivity contribution in [3.63, 3.8) is 0 Å². The number of morpholine rings is 1. The fourth-order valence-electron chi connectivity index (χ4n) is 2.18. The molecule has 1 aliphatic heterocycles. The molecule has 0 saturated carbocycles. The summed E-state index contributed by atoms with van der Waals surface area (Å²) in [5, 5.41) is 3.31. The lowest BCUT2D eigenvalue weighted by Gasteiger charge is -2.31. The van der Waals surface area contributed by atoms with Crippen LogP contribution in [0.15, 0.2) is 10.4 Å². The van der Waals surface area contributed by atoms with Crippen LogP contribution < -0.4 is 5.73 Å². The van der Waals surface area contributed by atoms with Gasteiger partial charge in [-0.3, -0.25) is 4.99 Å². The second-order valence-corrected chi connectivity index (χ2v) is 7.37. The summed E-state index contributed by atoms with van der Waals surface area (Å²) in [5.41, 5.74) is 7.28. The number of aliphatic imine (C=N–C) groups is 1. The second-order valence-electron chi connectivity index (χ2n) is 6.51. The van der Waals surface area contributed by atoms with Crippen molar-refractivity contribution >= 4 is 17.3 Å². The summed E-state index contributed by atoms with van der Waals surface area (Å²) in [6.07, 6.45) is 1.06. The van der Waals surface area contributed by atoms with Crippen LogP contribution in [-0.2, 0) is 16.6 Å². The zero-order valence-corrected chi connectivity index (χ0v) is 14.2. The van der Waals surface area contributed by atoms with Crippen LogP contribution in [0, 0.1) is 0 Å². The number of ether oxygens (including phenoxy) is 1. The SMILES string of the molecule is CC1CN(C(N)=NCCc2csc(C(C)(C)C)n2)CCO1. The molecule has 0 bridgehead atoms. The first-order valence-electron chi connectivity index (χ1n) is 7.47. The molecule has 0 spiro atoms. The molecule has 21 heavy (non-hydrogen) atoms. The van der Waals surface area contributed by atoms with E-state index in [0.29, 0.717) is 12.5 Å². The van der Waals surface area contributed by atoms with Crippen molar-refractivity contribution in [3.05, 3.63) is 16.1 Å². The van der Waals surface area contributed by atoms with E-state index in [0.717, 1.165) is 31.8 Å². The molecule has 0 aromatic carbocycles. The number of hydrogen-bond acceptors (Lipinski definition) is 4. The average molecular weight is 310 g/mol. The molecule has 1 fully saturated rings. The van der Waals surface area contributed by atoms with E-state index in [9.17, 15) is 0 Å². The van der Waals surface area contributed by atoms with Crippen LogP contribution in [0.5, 0.6) is 0 Å². The van der Waals surface area contributed by atoms with Gasteiger partial charge in [-0.15, -0.1) is 11.3 Å². The van der Waals surface area contributed by atoms with Crippen molar-refractivity contribution in [1.29, 1.82) is 0 Å². The Balaban J connectivity index is 1.85. The number of nitrogens with zero attached hydrogens (tertiary/aromatic N) is 3. The molecule has 2 N–H and O–H groups in total. The Morgan fingerprint density at radius 1 is 1.57 bits per heavy atom. The van der Waals surface area contributed by atoms with Gasteiger partial charge < -0.3 is 15.4 Å².